The van der Waals surface area contributed by atoms with Crippen molar-refractivity contribution in [2.75, 3.05) is 0 Å². The third-order valence-corrected chi connectivity index (χ3v) is 3.35. The predicted octanol–water partition coefficient (Wildman–Crippen LogP) is 0.782. The molecular formula is C15H15BN3+. The van der Waals surface area contributed by atoms with Crippen molar-refractivity contribution in [2.45, 2.75) is 13.8 Å². The van der Waals surface area contributed by atoms with Gasteiger partial charge in [-0.3, -0.25) is 4.98 Å². The molecule has 0 fully saturated rings. The summed E-state index contributed by atoms with van der Waals surface area (Å²) in [6.45, 7) is 4.08. The van der Waals surface area contributed by atoms with Gasteiger partial charge in [0.2, 0.25) is 11.9 Å². The highest BCUT2D eigenvalue weighted by Crippen LogP contribution is 2.07. The zero-order chi connectivity index (χ0) is 13.4. The Hall–Kier alpha value is -2.23. The molecule has 0 saturated heterocycles. The van der Waals surface area contributed by atoms with Crippen molar-refractivity contribution in [3.8, 4) is 5.69 Å². The van der Waals surface area contributed by atoms with Gasteiger partial charge in [0, 0.05) is 29.5 Å². The van der Waals surface area contributed by atoms with Crippen LogP contribution in [0.15, 0.2) is 42.7 Å². The lowest BCUT2D eigenvalue weighted by molar-refractivity contribution is -0.594. The van der Waals surface area contributed by atoms with E-state index in [0.717, 1.165) is 28.0 Å². The molecule has 92 valence electrons. The molecule has 0 atom stereocenters. The first kappa shape index (κ1) is 11.8. The number of pyridine rings is 1. The summed E-state index contributed by atoms with van der Waals surface area (Å²) < 4.78 is 2.07. The average molecular weight is 248 g/mol. The Bertz CT molecular complexity index is 751. The fourth-order valence-corrected chi connectivity index (χ4v) is 2.06. The maximum absolute atomic E-state index is 4.60. The monoisotopic (exact) mass is 248 g/mol. The van der Waals surface area contributed by atoms with Crippen LogP contribution >= 0.6 is 0 Å². The van der Waals surface area contributed by atoms with Crippen molar-refractivity contribution in [3.63, 3.8) is 0 Å². The molecule has 3 nitrogen and oxygen atoms in total. The van der Waals surface area contributed by atoms with Gasteiger partial charge in [-0.15, -0.1) is 0 Å². The van der Waals surface area contributed by atoms with Crippen molar-refractivity contribution in [1.82, 2.24) is 9.97 Å². The minimum Gasteiger partial charge on any atom is -0.260 e. The van der Waals surface area contributed by atoms with E-state index in [1.165, 1.54) is 5.56 Å². The molecule has 0 saturated carbocycles. The highest BCUT2D eigenvalue weighted by Gasteiger charge is 2.09. The van der Waals surface area contributed by atoms with Crippen LogP contribution in [-0.4, -0.2) is 17.8 Å². The lowest BCUT2D eigenvalue weighted by atomic mass is 10.0. The number of aromatic nitrogens is 3. The Balaban J connectivity index is 2.16. The van der Waals surface area contributed by atoms with Crippen molar-refractivity contribution < 1.29 is 4.57 Å². The van der Waals surface area contributed by atoms with E-state index in [2.05, 4.69) is 45.7 Å². The number of aryl methyl sites for hydroxylation is 2. The van der Waals surface area contributed by atoms with E-state index in [1.807, 2.05) is 33.2 Å². The molecule has 0 radical (unpaired) electrons. The number of rotatable bonds is 1. The molecule has 0 unspecified atom stereocenters. The molecule has 4 heteroatoms. The van der Waals surface area contributed by atoms with Gasteiger partial charge in [0.15, 0.2) is 19.6 Å². The van der Waals surface area contributed by atoms with E-state index in [1.54, 1.807) is 0 Å². The summed E-state index contributed by atoms with van der Waals surface area (Å²) in [4.78, 5) is 9.14. The van der Waals surface area contributed by atoms with Crippen molar-refractivity contribution >= 4 is 24.5 Å². The van der Waals surface area contributed by atoms with Crippen molar-refractivity contribution in [2.24, 2.45) is 0 Å². The number of nitrogens with zero attached hydrogens (tertiary/aromatic N) is 3. The summed E-state index contributed by atoms with van der Waals surface area (Å²) in [5.74, 6) is 0. The molecule has 2 heterocycles. The molecule has 0 aliphatic carbocycles. The normalized spacial score (nSPS) is 10.8. The summed E-state index contributed by atoms with van der Waals surface area (Å²) in [6, 6.07) is 10.4. The van der Waals surface area contributed by atoms with E-state index < -0.39 is 0 Å². The van der Waals surface area contributed by atoms with E-state index in [9.17, 15) is 0 Å². The Kier molecular flexibility index (Phi) is 2.78. The molecular weight excluding hydrogens is 233 g/mol. The van der Waals surface area contributed by atoms with Gasteiger partial charge in [-0.2, -0.15) is 4.57 Å². The lowest BCUT2D eigenvalue weighted by Gasteiger charge is -2.02. The van der Waals surface area contributed by atoms with Crippen LogP contribution in [0.3, 0.4) is 0 Å². The number of benzene rings is 1. The Morgan fingerprint density at radius 3 is 2.42 bits per heavy atom. The molecule has 0 bridgehead atoms. The summed E-state index contributed by atoms with van der Waals surface area (Å²) in [5.41, 5.74) is 6.22. The molecule has 0 amide bonds. The second-order valence-electron chi connectivity index (χ2n) is 4.85. The highest BCUT2D eigenvalue weighted by atomic mass is 15.0. The highest BCUT2D eigenvalue weighted by molar-refractivity contribution is 6.31. The fourth-order valence-electron chi connectivity index (χ4n) is 2.06. The number of fused-ring (bicyclic) bond motifs is 1. The minimum atomic E-state index is 0.922. The first-order valence-corrected chi connectivity index (χ1v) is 6.37. The SMILES string of the molecule is Bc1nc2cc[n+](-c3ccc(C)cc3)cc2nc1C. The van der Waals surface area contributed by atoms with Gasteiger partial charge in [0.05, 0.1) is 0 Å². The first-order valence-electron chi connectivity index (χ1n) is 6.37. The largest absolute Gasteiger partial charge is 0.260 e. The smallest absolute Gasteiger partial charge is 0.210 e. The molecule has 3 rings (SSSR count). The van der Waals surface area contributed by atoms with Crippen LogP contribution < -0.4 is 10.2 Å². The fraction of sp³-hybridized carbons (Fsp3) is 0.133. The quantitative estimate of drug-likeness (QED) is 0.470. The third-order valence-electron chi connectivity index (χ3n) is 3.35. The second kappa shape index (κ2) is 4.46. The van der Waals surface area contributed by atoms with Crippen LogP contribution in [-0.2, 0) is 0 Å². The zero-order valence-corrected chi connectivity index (χ0v) is 11.4. The van der Waals surface area contributed by atoms with Gasteiger partial charge in [-0.1, -0.05) is 17.7 Å². The maximum atomic E-state index is 4.60. The Morgan fingerprint density at radius 1 is 0.947 bits per heavy atom. The molecule has 0 aliphatic heterocycles. The molecule has 19 heavy (non-hydrogen) atoms. The van der Waals surface area contributed by atoms with E-state index in [4.69, 9.17) is 0 Å². The molecule has 0 aliphatic rings. The van der Waals surface area contributed by atoms with Crippen LogP contribution in [0.4, 0.5) is 0 Å². The zero-order valence-electron chi connectivity index (χ0n) is 11.4. The Morgan fingerprint density at radius 2 is 1.68 bits per heavy atom. The van der Waals surface area contributed by atoms with E-state index in [-0.39, 0.29) is 0 Å². The molecule has 2 aromatic heterocycles. The van der Waals surface area contributed by atoms with Crippen molar-refractivity contribution in [1.29, 1.82) is 0 Å². The first-order chi connectivity index (χ1) is 9.13. The van der Waals surface area contributed by atoms with E-state index >= 15 is 0 Å². The van der Waals surface area contributed by atoms with Crippen LogP contribution in [0.5, 0.6) is 0 Å². The summed E-state index contributed by atoms with van der Waals surface area (Å²) >= 11 is 0. The van der Waals surface area contributed by atoms with Gasteiger partial charge in [-0.05, 0) is 13.8 Å². The summed E-state index contributed by atoms with van der Waals surface area (Å²) in [6.07, 6.45) is 4.05. The van der Waals surface area contributed by atoms with Gasteiger partial charge in [-0.25, -0.2) is 4.98 Å². The second-order valence-corrected chi connectivity index (χ2v) is 4.85. The number of hydrogen-bond acceptors (Lipinski definition) is 2. The topological polar surface area (TPSA) is 29.7 Å². The molecule has 0 N–H and O–H groups in total. The minimum absolute atomic E-state index is 0.922. The summed E-state index contributed by atoms with van der Waals surface area (Å²) in [7, 11) is 1.99. The molecule has 1 aromatic carbocycles. The number of hydrogen-bond donors (Lipinski definition) is 0. The van der Waals surface area contributed by atoms with Crippen molar-refractivity contribution in [3.05, 3.63) is 54.0 Å². The van der Waals surface area contributed by atoms with Gasteiger partial charge in [0.1, 0.15) is 5.52 Å². The van der Waals surface area contributed by atoms with Gasteiger partial charge >= 0.3 is 0 Å². The van der Waals surface area contributed by atoms with Crippen LogP contribution in [0.25, 0.3) is 16.7 Å². The average Bonchev–Trinajstić information content (AvgIpc) is 2.40. The van der Waals surface area contributed by atoms with Crippen LogP contribution in [0.1, 0.15) is 11.3 Å². The van der Waals surface area contributed by atoms with Gasteiger partial charge in [0.25, 0.3) is 0 Å². The lowest BCUT2D eigenvalue weighted by Crippen LogP contribution is -2.30. The Labute approximate surface area is 113 Å². The maximum Gasteiger partial charge on any atom is 0.210 e. The molecule has 0 spiro atoms. The van der Waals surface area contributed by atoms with E-state index in [0.29, 0.717) is 0 Å². The predicted molar refractivity (Wildman–Crippen MR) is 78.7 cm³/mol. The summed E-state index contributed by atoms with van der Waals surface area (Å²) in [5, 5.41) is 0. The van der Waals surface area contributed by atoms with Crippen LogP contribution in [0, 0.1) is 13.8 Å². The van der Waals surface area contributed by atoms with Gasteiger partial charge < -0.3 is 0 Å². The standard InChI is InChI=1S/C15H15BN3/c1-10-3-5-12(6-4-10)19-8-7-13-14(9-19)17-11(2)15(16)18-13/h3-9H,16H2,1-2H3/q+1. The molecule has 3 aromatic rings. The third kappa shape index (κ3) is 2.21. The van der Waals surface area contributed by atoms with Crippen LogP contribution in [0.2, 0.25) is 0 Å².